The van der Waals surface area contributed by atoms with Crippen molar-refractivity contribution in [2.24, 2.45) is 5.92 Å². The summed E-state index contributed by atoms with van der Waals surface area (Å²) in [6.07, 6.45) is 4.72. The van der Waals surface area contributed by atoms with E-state index >= 15 is 0 Å². The quantitative estimate of drug-likeness (QED) is 0.721. The van der Waals surface area contributed by atoms with Crippen LogP contribution in [0.3, 0.4) is 0 Å². The first kappa shape index (κ1) is 23.5. The first-order valence-electron chi connectivity index (χ1n) is 9.62. The molecule has 0 saturated carbocycles. The van der Waals surface area contributed by atoms with Crippen molar-refractivity contribution in [1.82, 2.24) is 20.4 Å². The van der Waals surface area contributed by atoms with Crippen LogP contribution in [-0.4, -0.2) is 72.5 Å². The van der Waals surface area contributed by atoms with Gasteiger partial charge in [-0.1, -0.05) is 6.92 Å². The van der Waals surface area contributed by atoms with Gasteiger partial charge in [-0.3, -0.25) is 14.5 Å². The average Bonchev–Trinajstić information content (AvgIpc) is 3.14. The molecule has 0 bridgehead atoms. The molecule has 0 radical (unpaired) electrons. The highest BCUT2D eigenvalue weighted by Gasteiger charge is 2.37. The summed E-state index contributed by atoms with van der Waals surface area (Å²) in [5, 5.41) is 6.58. The Kier molecular flexibility index (Phi) is 9.65. The smallest absolute Gasteiger partial charge is 0.225 e. The van der Waals surface area contributed by atoms with Gasteiger partial charge in [0.2, 0.25) is 11.8 Å². The van der Waals surface area contributed by atoms with Gasteiger partial charge < -0.3 is 15.5 Å². The molecule has 0 spiro atoms. The minimum absolute atomic E-state index is 0. The summed E-state index contributed by atoms with van der Waals surface area (Å²) in [6, 6.07) is 1.18. The Hall–Kier alpha value is -0.560. The van der Waals surface area contributed by atoms with E-state index in [0.717, 1.165) is 39.0 Å². The highest BCUT2D eigenvalue weighted by atomic mass is 35.5. The second kappa shape index (κ2) is 10.7. The van der Waals surface area contributed by atoms with Crippen molar-refractivity contribution in [2.75, 3.05) is 32.7 Å². The Balaban J connectivity index is 0.00000169. The number of carbonyl (C=O) groups excluding carboxylic acids is 2. The predicted octanol–water partition coefficient (Wildman–Crippen LogP) is 1.42. The van der Waals surface area contributed by atoms with E-state index in [-0.39, 0.29) is 48.6 Å². The van der Waals surface area contributed by atoms with E-state index in [4.69, 9.17) is 0 Å². The van der Waals surface area contributed by atoms with Gasteiger partial charge in [0.05, 0.1) is 5.92 Å². The van der Waals surface area contributed by atoms with Crippen LogP contribution in [0.5, 0.6) is 0 Å². The van der Waals surface area contributed by atoms with Crippen LogP contribution < -0.4 is 10.6 Å². The van der Waals surface area contributed by atoms with Crippen LogP contribution in [0.25, 0.3) is 0 Å². The molecule has 4 unspecified atom stereocenters. The first-order chi connectivity index (χ1) is 11.6. The molecule has 2 amide bonds. The third-order valence-corrected chi connectivity index (χ3v) is 5.89. The molecule has 0 aliphatic carbocycles. The maximum absolute atomic E-state index is 12.5. The molecule has 26 heavy (non-hydrogen) atoms. The first-order valence-corrected chi connectivity index (χ1v) is 9.62. The summed E-state index contributed by atoms with van der Waals surface area (Å²) in [5.74, 6) is 0.0553. The maximum atomic E-state index is 12.5. The number of amides is 2. The molecular weight excluding hydrogens is 375 g/mol. The molecule has 3 aliphatic heterocycles. The SMILES string of the molecule is CCN1CCCC1CN1CC(C(=O)NC2CCNC(C)C2)CC1=O.Cl.Cl. The number of carbonyl (C=O) groups is 2. The van der Waals surface area contributed by atoms with Crippen LogP contribution in [0.15, 0.2) is 0 Å². The molecular formula is C18H34Cl2N4O2. The van der Waals surface area contributed by atoms with Crippen LogP contribution in [0, 0.1) is 5.92 Å². The lowest BCUT2D eigenvalue weighted by molar-refractivity contribution is -0.129. The summed E-state index contributed by atoms with van der Waals surface area (Å²) >= 11 is 0. The van der Waals surface area contributed by atoms with Crippen LogP contribution in [0.1, 0.15) is 46.0 Å². The van der Waals surface area contributed by atoms with Gasteiger partial charge in [-0.2, -0.15) is 0 Å². The summed E-state index contributed by atoms with van der Waals surface area (Å²) in [4.78, 5) is 29.3. The van der Waals surface area contributed by atoms with Crippen molar-refractivity contribution in [3.05, 3.63) is 0 Å². The van der Waals surface area contributed by atoms with Crippen molar-refractivity contribution in [1.29, 1.82) is 0 Å². The van der Waals surface area contributed by atoms with Gasteiger partial charge in [0.15, 0.2) is 0 Å². The van der Waals surface area contributed by atoms with Crippen LogP contribution in [0.2, 0.25) is 0 Å². The molecule has 0 aromatic rings. The van der Waals surface area contributed by atoms with Gasteiger partial charge in [0, 0.05) is 37.6 Å². The largest absolute Gasteiger partial charge is 0.353 e. The summed E-state index contributed by atoms with van der Waals surface area (Å²) in [7, 11) is 0. The van der Waals surface area contributed by atoms with Crippen LogP contribution in [-0.2, 0) is 9.59 Å². The monoisotopic (exact) mass is 408 g/mol. The van der Waals surface area contributed by atoms with Gasteiger partial charge in [-0.15, -0.1) is 24.8 Å². The van der Waals surface area contributed by atoms with Crippen LogP contribution >= 0.6 is 24.8 Å². The molecule has 0 aromatic carbocycles. The Morgan fingerprint density at radius 3 is 2.77 bits per heavy atom. The fourth-order valence-corrected chi connectivity index (χ4v) is 4.48. The van der Waals surface area contributed by atoms with Crippen molar-refractivity contribution < 1.29 is 9.59 Å². The zero-order valence-corrected chi connectivity index (χ0v) is 17.5. The van der Waals surface area contributed by atoms with Crippen molar-refractivity contribution in [2.45, 2.75) is 64.1 Å². The molecule has 3 aliphatic rings. The third-order valence-electron chi connectivity index (χ3n) is 5.89. The Bertz CT molecular complexity index is 480. The number of nitrogens with one attached hydrogen (secondary N) is 2. The molecule has 3 heterocycles. The molecule has 8 heteroatoms. The van der Waals surface area contributed by atoms with Gasteiger partial charge in [0.1, 0.15) is 0 Å². The molecule has 3 fully saturated rings. The number of likely N-dealkylation sites (N-methyl/N-ethyl adjacent to an activating group) is 1. The Morgan fingerprint density at radius 1 is 1.31 bits per heavy atom. The lowest BCUT2D eigenvalue weighted by Crippen LogP contribution is -2.48. The summed E-state index contributed by atoms with van der Waals surface area (Å²) in [5.41, 5.74) is 0. The maximum Gasteiger partial charge on any atom is 0.225 e. The second-order valence-corrected chi connectivity index (χ2v) is 7.71. The second-order valence-electron chi connectivity index (χ2n) is 7.71. The lowest BCUT2D eigenvalue weighted by Gasteiger charge is -2.30. The number of rotatable bonds is 5. The minimum Gasteiger partial charge on any atom is -0.353 e. The highest BCUT2D eigenvalue weighted by Crippen LogP contribution is 2.23. The standard InChI is InChI=1S/C18H32N4O2.2ClH/c1-3-21-8-4-5-16(21)12-22-11-14(10-17(22)23)18(24)20-15-6-7-19-13(2)9-15;;/h13-16,19H,3-12H2,1-2H3,(H,20,24);2*1H. The molecule has 6 nitrogen and oxygen atoms in total. The Morgan fingerprint density at radius 2 is 2.08 bits per heavy atom. The van der Waals surface area contributed by atoms with Crippen molar-refractivity contribution >= 4 is 36.6 Å². The average molecular weight is 409 g/mol. The van der Waals surface area contributed by atoms with E-state index in [2.05, 4.69) is 29.4 Å². The topological polar surface area (TPSA) is 64.7 Å². The number of piperidine rings is 1. The van der Waals surface area contributed by atoms with Crippen molar-refractivity contribution in [3.8, 4) is 0 Å². The van der Waals surface area contributed by atoms with E-state index in [1.807, 2.05) is 4.90 Å². The van der Waals surface area contributed by atoms with Crippen molar-refractivity contribution in [3.63, 3.8) is 0 Å². The summed E-state index contributed by atoms with van der Waals surface area (Å²) < 4.78 is 0. The molecule has 152 valence electrons. The minimum atomic E-state index is -0.167. The van der Waals surface area contributed by atoms with E-state index in [9.17, 15) is 9.59 Å². The number of likely N-dealkylation sites (tertiary alicyclic amines) is 2. The molecule has 2 N–H and O–H groups in total. The van der Waals surface area contributed by atoms with Crippen LogP contribution in [0.4, 0.5) is 0 Å². The van der Waals surface area contributed by atoms with Gasteiger partial charge in [-0.05, 0) is 52.2 Å². The van der Waals surface area contributed by atoms with Gasteiger partial charge in [0.25, 0.3) is 0 Å². The zero-order chi connectivity index (χ0) is 17.1. The normalized spacial score (nSPS) is 32.1. The van der Waals surface area contributed by atoms with Gasteiger partial charge in [-0.25, -0.2) is 0 Å². The molecule has 3 rings (SSSR count). The molecule has 3 saturated heterocycles. The highest BCUT2D eigenvalue weighted by molar-refractivity contribution is 5.89. The molecule has 4 atom stereocenters. The summed E-state index contributed by atoms with van der Waals surface area (Å²) in [6.45, 7) is 8.86. The zero-order valence-electron chi connectivity index (χ0n) is 15.9. The molecule has 0 aromatic heterocycles. The predicted molar refractivity (Wildman–Crippen MR) is 108 cm³/mol. The Labute approximate surface area is 169 Å². The number of hydrogen-bond donors (Lipinski definition) is 2. The fourth-order valence-electron chi connectivity index (χ4n) is 4.48. The van der Waals surface area contributed by atoms with E-state index < -0.39 is 0 Å². The van der Waals surface area contributed by atoms with E-state index in [0.29, 0.717) is 25.0 Å². The number of hydrogen-bond acceptors (Lipinski definition) is 4. The lowest BCUT2D eigenvalue weighted by atomic mass is 9.99. The third kappa shape index (κ3) is 5.72. The van der Waals surface area contributed by atoms with E-state index in [1.165, 1.54) is 12.8 Å². The number of nitrogens with zero attached hydrogens (tertiary/aromatic N) is 2. The fraction of sp³-hybridized carbons (Fsp3) is 0.889. The van der Waals surface area contributed by atoms with E-state index in [1.54, 1.807) is 0 Å². The van der Waals surface area contributed by atoms with Gasteiger partial charge >= 0.3 is 0 Å². The number of halogens is 2.